The van der Waals surface area contributed by atoms with Crippen molar-refractivity contribution < 1.29 is 19.1 Å². The van der Waals surface area contributed by atoms with E-state index in [9.17, 15) is 9.59 Å². The van der Waals surface area contributed by atoms with E-state index in [0.29, 0.717) is 23.7 Å². The van der Waals surface area contributed by atoms with Crippen LogP contribution in [0.4, 0.5) is 0 Å². The minimum atomic E-state index is -0.152. The fourth-order valence-electron chi connectivity index (χ4n) is 9.91. The number of carbonyl (C=O) groups is 2. The second-order valence-corrected chi connectivity index (χ2v) is 13.1. The SMILES string of the molecule is CC(=O)O[C@@H]1CC[C@@]2(C)C(=CC[C@H]3[C@@H]4CC[C@H](C(=O)O[C@@H]5C[C@@H]6CC[C@@H]5C6)[C@@]4(C)CC[C@@H]32)C1. The largest absolute Gasteiger partial charge is 0.462 e. The minimum absolute atomic E-state index is 0.0590. The van der Waals surface area contributed by atoms with Crippen LogP contribution in [-0.4, -0.2) is 24.1 Å². The molecule has 2 bridgehead atoms. The van der Waals surface area contributed by atoms with Gasteiger partial charge in [0, 0.05) is 13.3 Å². The number of allylic oxidation sites excluding steroid dienone is 1. The third-order valence-electron chi connectivity index (χ3n) is 11.6. The molecule has 5 fully saturated rings. The van der Waals surface area contributed by atoms with Crippen LogP contribution in [-0.2, 0) is 19.1 Å². The summed E-state index contributed by atoms with van der Waals surface area (Å²) in [5.74, 6) is 3.56. The van der Waals surface area contributed by atoms with Gasteiger partial charge in [-0.3, -0.25) is 9.59 Å². The van der Waals surface area contributed by atoms with E-state index in [1.807, 2.05) is 0 Å². The maximum Gasteiger partial charge on any atom is 0.309 e. The van der Waals surface area contributed by atoms with Crippen LogP contribution in [0.3, 0.4) is 0 Å². The Bertz CT molecular complexity index is 862. The van der Waals surface area contributed by atoms with Gasteiger partial charge in [-0.25, -0.2) is 0 Å². The quantitative estimate of drug-likeness (QED) is 0.375. The number of hydrogen-bond acceptors (Lipinski definition) is 4. The number of rotatable bonds is 3. The van der Waals surface area contributed by atoms with E-state index in [0.717, 1.165) is 50.9 Å². The van der Waals surface area contributed by atoms with Gasteiger partial charge in [0.05, 0.1) is 5.92 Å². The van der Waals surface area contributed by atoms with Crippen molar-refractivity contribution in [2.45, 2.75) is 110 Å². The Balaban J connectivity index is 1.17. The molecule has 0 aromatic heterocycles. The lowest BCUT2D eigenvalue weighted by Gasteiger charge is -2.57. The lowest BCUT2D eigenvalue weighted by molar-refractivity contribution is -0.164. The molecule has 182 valence electrons. The zero-order chi connectivity index (χ0) is 23.0. The molecule has 0 aliphatic heterocycles. The number of esters is 2. The Morgan fingerprint density at radius 2 is 1.79 bits per heavy atom. The molecular weight excluding hydrogens is 412 g/mol. The average Bonchev–Trinajstić information content (AvgIpc) is 3.47. The fraction of sp³-hybridized carbons (Fsp3) is 0.862. The molecule has 0 aromatic carbocycles. The van der Waals surface area contributed by atoms with Crippen LogP contribution in [0.2, 0.25) is 0 Å². The zero-order valence-corrected chi connectivity index (χ0v) is 20.8. The first-order valence-electron chi connectivity index (χ1n) is 13.8. The molecule has 4 heteroatoms. The lowest BCUT2D eigenvalue weighted by atomic mass is 9.47. The highest BCUT2D eigenvalue weighted by atomic mass is 16.5. The third kappa shape index (κ3) is 3.44. The molecule has 0 saturated heterocycles. The van der Waals surface area contributed by atoms with Crippen LogP contribution in [0, 0.1) is 46.3 Å². The van der Waals surface area contributed by atoms with Crippen molar-refractivity contribution in [3.8, 4) is 0 Å². The van der Waals surface area contributed by atoms with Gasteiger partial charge in [-0.05, 0) is 111 Å². The predicted octanol–water partition coefficient (Wildman–Crippen LogP) is 6.23. The molecule has 0 unspecified atom stereocenters. The predicted molar refractivity (Wildman–Crippen MR) is 126 cm³/mol. The van der Waals surface area contributed by atoms with Gasteiger partial charge in [-0.15, -0.1) is 0 Å². The summed E-state index contributed by atoms with van der Waals surface area (Å²) in [5, 5.41) is 0. The van der Waals surface area contributed by atoms with Crippen LogP contribution in [0.1, 0.15) is 97.8 Å². The Hall–Kier alpha value is -1.32. The summed E-state index contributed by atoms with van der Waals surface area (Å²) >= 11 is 0. The normalized spacial score (nSPS) is 50.1. The molecule has 0 amide bonds. The van der Waals surface area contributed by atoms with E-state index in [1.54, 1.807) is 0 Å². The molecule has 0 heterocycles. The molecule has 4 nitrogen and oxygen atoms in total. The second kappa shape index (κ2) is 7.85. The maximum absolute atomic E-state index is 13.4. The minimum Gasteiger partial charge on any atom is -0.462 e. The number of ether oxygens (including phenoxy) is 2. The first kappa shape index (κ1) is 22.2. The summed E-state index contributed by atoms with van der Waals surface area (Å²) in [5.41, 5.74) is 1.88. The molecule has 6 aliphatic carbocycles. The summed E-state index contributed by atoms with van der Waals surface area (Å²) in [6.07, 6.45) is 16.5. The monoisotopic (exact) mass is 454 g/mol. The summed E-state index contributed by atoms with van der Waals surface area (Å²) in [6, 6.07) is 0. The van der Waals surface area contributed by atoms with Crippen LogP contribution in [0.25, 0.3) is 0 Å². The van der Waals surface area contributed by atoms with Gasteiger partial charge >= 0.3 is 11.9 Å². The molecule has 5 saturated carbocycles. The standard InChI is InChI=1S/C29H42O4/c1-17(30)32-21-10-12-28(2)20(16-21)6-7-22-23-8-9-25(29(23,3)13-11-24(22)28)27(31)33-26-15-18-4-5-19(26)14-18/h6,18-19,21-26H,4-5,7-16H2,1-3H3/t18-,19-,21-,22+,23+,24+,25-,26-,28+,29+/m1/s1. The van der Waals surface area contributed by atoms with Crippen LogP contribution in [0.5, 0.6) is 0 Å². The second-order valence-electron chi connectivity index (χ2n) is 13.1. The fourth-order valence-corrected chi connectivity index (χ4v) is 9.91. The highest BCUT2D eigenvalue weighted by Gasteiger charge is 2.60. The summed E-state index contributed by atoms with van der Waals surface area (Å²) < 4.78 is 11.8. The summed E-state index contributed by atoms with van der Waals surface area (Å²) in [4.78, 5) is 24.9. The topological polar surface area (TPSA) is 52.6 Å². The third-order valence-corrected chi connectivity index (χ3v) is 11.6. The molecule has 33 heavy (non-hydrogen) atoms. The summed E-state index contributed by atoms with van der Waals surface area (Å²) in [6.45, 7) is 6.44. The number of hydrogen-bond donors (Lipinski definition) is 0. The molecule has 6 aliphatic rings. The van der Waals surface area contributed by atoms with Crippen molar-refractivity contribution in [3.63, 3.8) is 0 Å². The van der Waals surface area contributed by atoms with Crippen molar-refractivity contribution in [1.82, 2.24) is 0 Å². The molecular formula is C29H42O4. The van der Waals surface area contributed by atoms with E-state index in [1.165, 1.54) is 44.6 Å². The van der Waals surface area contributed by atoms with Gasteiger partial charge < -0.3 is 9.47 Å². The van der Waals surface area contributed by atoms with Gasteiger partial charge in [0.2, 0.25) is 0 Å². The van der Waals surface area contributed by atoms with E-state index < -0.39 is 0 Å². The van der Waals surface area contributed by atoms with E-state index in [-0.39, 0.29) is 40.9 Å². The smallest absolute Gasteiger partial charge is 0.309 e. The molecule has 6 rings (SSSR count). The van der Waals surface area contributed by atoms with Gasteiger partial charge in [0.1, 0.15) is 12.2 Å². The van der Waals surface area contributed by atoms with Crippen molar-refractivity contribution in [3.05, 3.63) is 11.6 Å². The first-order chi connectivity index (χ1) is 15.8. The number of fused-ring (bicyclic) bond motifs is 7. The highest BCUT2D eigenvalue weighted by molar-refractivity contribution is 5.74. The lowest BCUT2D eigenvalue weighted by Crippen LogP contribution is -2.51. The van der Waals surface area contributed by atoms with E-state index in [2.05, 4.69) is 19.9 Å². The molecule has 0 aromatic rings. The molecule has 0 spiro atoms. The Labute approximate surface area is 199 Å². The van der Waals surface area contributed by atoms with Crippen molar-refractivity contribution >= 4 is 11.9 Å². The highest BCUT2D eigenvalue weighted by Crippen LogP contribution is 2.66. The van der Waals surface area contributed by atoms with E-state index in [4.69, 9.17) is 9.47 Å². The van der Waals surface area contributed by atoms with Crippen LogP contribution < -0.4 is 0 Å². The Morgan fingerprint density at radius 1 is 0.939 bits per heavy atom. The maximum atomic E-state index is 13.4. The van der Waals surface area contributed by atoms with Gasteiger partial charge in [0.25, 0.3) is 0 Å². The Kier molecular flexibility index (Phi) is 5.27. The van der Waals surface area contributed by atoms with Crippen LogP contribution >= 0.6 is 0 Å². The van der Waals surface area contributed by atoms with Crippen molar-refractivity contribution in [1.29, 1.82) is 0 Å². The number of carbonyl (C=O) groups excluding carboxylic acids is 2. The summed E-state index contributed by atoms with van der Waals surface area (Å²) in [7, 11) is 0. The van der Waals surface area contributed by atoms with Crippen LogP contribution in [0.15, 0.2) is 11.6 Å². The molecule has 0 radical (unpaired) electrons. The molecule has 10 atom stereocenters. The zero-order valence-electron chi connectivity index (χ0n) is 20.8. The van der Waals surface area contributed by atoms with Gasteiger partial charge in [0.15, 0.2) is 0 Å². The van der Waals surface area contributed by atoms with Gasteiger partial charge in [-0.1, -0.05) is 25.5 Å². The Morgan fingerprint density at radius 3 is 2.52 bits per heavy atom. The average molecular weight is 455 g/mol. The van der Waals surface area contributed by atoms with Crippen molar-refractivity contribution in [2.75, 3.05) is 0 Å². The van der Waals surface area contributed by atoms with E-state index >= 15 is 0 Å². The molecule has 0 N–H and O–H groups in total. The first-order valence-corrected chi connectivity index (χ1v) is 13.8. The van der Waals surface area contributed by atoms with Crippen molar-refractivity contribution in [2.24, 2.45) is 46.3 Å². The van der Waals surface area contributed by atoms with Gasteiger partial charge in [-0.2, -0.15) is 0 Å².